The van der Waals surface area contributed by atoms with Crippen LogP contribution < -0.4 is 16.2 Å². The SMILES string of the molecule is CCCNC(=O)C(=O)NNc1ccccc1. The van der Waals surface area contributed by atoms with Crippen LogP contribution in [0.1, 0.15) is 13.3 Å². The number of hydrogen-bond acceptors (Lipinski definition) is 3. The van der Waals surface area contributed by atoms with E-state index in [1.165, 1.54) is 0 Å². The zero-order valence-electron chi connectivity index (χ0n) is 9.12. The van der Waals surface area contributed by atoms with Gasteiger partial charge in [0.15, 0.2) is 0 Å². The van der Waals surface area contributed by atoms with Crippen molar-refractivity contribution in [1.82, 2.24) is 10.7 Å². The van der Waals surface area contributed by atoms with E-state index in [4.69, 9.17) is 0 Å². The number of carbonyl (C=O) groups excluding carboxylic acids is 2. The van der Waals surface area contributed by atoms with Crippen molar-refractivity contribution in [2.24, 2.45) is 0 Å². The fraction of sp³-hybridized carbons (Fsp3) is 0.273. The highest BCUT2D eigenvalue weighted by Crippen LogP contribution is 2.02. The molecule has 0 heterocycles. The standard InChI is InChI=1S/C11H15N3O2/c1-2-8-12-10(15)11(16)14-13-9-6-4-3-5-7-9/h3-7,13H,2,8H2,1H3,(H,12,15)(H,14,16). The summed E-state index contributed by atoms with van der Waals surface area (Å²) in [5.74, 6) is -1.33. The number of anilines is 1. The Hall–Kier alpha value is -2.04. The molecule has 0 bridgehead atoms. The number of rotatable bonds is 4. The lowest BCUT2D eigenvalue weighted by molar-refractivity contribution is -0.138. The van der Waals surface area contributed by atoms with Gasteiger partial charge in [-0.15, -0.1) is 0 Å². The summed E-state index contributed by atoms with van der Waals surface area (Å²) in [4.78, 5) is 22.4. The summed E-state index contributed by atoms with van der Waals surface area (Å²) < 4.78 is 0. The maximum Gasteiger partial charge on any atom is 0.327 e. The van der Waals surface area contributed by atoms with E-state index in [1.54, 1.807) is 12.1 Å². The first kappa shape index (κ1) is 12.0. The molecule has 0 aliphatic carbocycles. The Balaban J connectivity index is 2.32. The zero-order chi connectivity index (χ0) is 11.8. The van der Waals surface area contributed by atoms with Gasteiger partial charge in [0, 0.05) is 6.54 Å². The fourth-order valence-corrected chi connectivity index (χ4v) is 1.03. The van der Waals surface area contributed by atoms with Gasteiger partial charge in [-0.2, -0.15) is 0 Å². The predicted octanol–water partition coefficient (Wildman–Crippen LogP) is 0.656. The first-order chi connectivity index (χ1) is 7.74. The Morgan fingerprint density at radius 1 is 1.12 bits per heavy atom. The number of benzene rings is 1. The summed E-state index contributed by atoms with van der Waals surface area (Å²) in [6.45, 7) is 2.41. The number of nitrogens with one attached hydrogen (secondary N) is 3. The fourth-order valence-electron chi connectivity index (χ4n) is 1.03. The summed E-state index contributed by atoms with van der Waals surface area (Å²) >= 11 is 0. The smallest absolute Gasteiger partial charge is 0.327 e. The van der Waals surface area contributed by atoms with Crippen molar-refractivity contribution in [3.8, 4) is 0 Å². The van der Waals surface area contributed by atoms with Crippen LogP contribution in [0.15, 0.2) is 30.3 Å². The van der Waals surface area contributed by atoms with E-state index in [9.17, 15) is 9.59 Å². The van der Waals surface area contributed by atoms with Gasteiger partial charge in [-0.25, -0.2) is 0 Å². The quantitative estimate of drug-likeness (QED) is 0.516. The van der Waals surface area contributed by atoms with Crippen molar-refractivity contribution in [3.05, 3.63) is 30.3 Å². The van der Waals surface area contributed by atoms with Crippen molar-refractivity contribution in [2.75, 3.05) is 12.0 Å². The van der Waals surface area contributed by atoms with Crippen LogP contribution in [-0.2, 0) is 9.59 Å². The summed E-state index contributed by atoms with van der Waals surface area (Å²) in [6, 6.07) is 9.08. The van der Waals surface area contributed by atoms with Gasteiger partial charge in [0.2, 0.25) is 0 Å². The predicted molar refractivity (Wildman–Crippen MR) is 61.5 cm³/mol. The second-order valence-electron chi connectivity index (χ2n) is 3.20. The molecule has 86 valence electrons. The summed E-state index contributed by atoms with van der Waals surface area (Å²) in [5.41, 5.74) is 5.67. The van der Waals surface area contributed by atoms with E-state index < -0.39 is 11.8 Å². The molecule has 0 fully saturated rings. The van der Waals surface area contributed by atoms with E-state index in [-0.39, 0.29) is 0 Å². The van der Waals surface area contributed by atoms with Gasteiger partial charge >= 0.3 is 11.8 Å². The molecule has 5 nitrogen and oxygen atoms in total. The summed E-state index contributed by atoms with van der Waals surface area (Å²) in [7, 11) is 0. The van der Waals surface area contributed by atoms with E-state index in [2.05, 4.69) is 16.2 Å². The second kappa shape index (κ2) is 6.44. The Labute approximate surface area is 94.2 Å². The molecule has 16 heavy (non-hydrogen) atoms. The van der Waals surface area contributed by atoms with Crippen molar-refractivity contribution >= 4 is 17.5 Å². The molecule has 0 atom stereocenters. The zero-order valence-corrected chi connectivity index (χ0v) is 9.12. The minimum atomic E-state index is -0.697. The highest BCUT2D eigenvalue weighted by molar-refractivity contribution is 6.35. The van der Waals surface area contributed by atoms with Crippen molar-refractivity contribution in [3.63, 3.8) is 0 Å². The average Bonchev–Trinajstić information content (AvgIpc) is 2.34. The molecule has 0 aliphatic heterocycles. The average molecular weight is 221 g/mol. The summed E-state index contributed by atoms with van der Waals surface area (Å²) in [6.07, 6.45) is 0.797. The molecular formula is C11H15N3O2. The van der Waals surface area contributed by atoms with Crippen molar-refractivity contribution in [1.29, 1.82) is 0 Å². The number of amides is 2. The minimum Gasteiger partial charge on any atom is -0.348 e. The van der Waals surface area contributed by atoms with Gasteiger partial charge in [-0.3, -0.25) is 20.4 Å². The minimum absolute atomic E-state index is 0.498. The van der Waals surface area contributed by atoms with Gasteiger partial charge in [-0.1, -0.05) is 25.1 Å². The Kier molecular flexibility index (Phi) is 4.85. The highest BCUT2D eigenvalue weighted by Gasteiger charge is 2.11. The molecule has 1 aromatic carbocycles. The first-order valence-electron chi connectivity index (χ1n) is 5.13. The van der Waals surface area contributed by atoms with Crippen LogP contribution >= 0.6 is 0 Å². The van der Waals surface area contributed by atoms with Crippen LogP contribution in [0.3, 0.4) is 0 Å². The molecule has 5 heteroatoms. The van der Waals surface area contributed by atoms with Crippen LogP contribution in [0.2, 0.25) is 0 Å². The summed E-state index contributed by atoms with van der Waals surface area (Å²) in [5, 5.41) is 2.48. The Morgan fingerprint density at radius 3 is 2.44 bits per heavy atom. The lowest BCUT2D eigenvalue weighted by Crippen LogP contribution is -2.42. The molecule has 0 aromatic heterocycles. The van der Waals surface area contributed by atoms with E-state index in [0.717, 1.165) is 12.1 Å². The highest BCUT2D eigenvalue weighted by atomic mass is 16.2. The molecule has 0 saturated heterocycles. The number of carbonyl (C=O) groups is 2. The van der Waals surface area contributed by atoms with Gasteiger partial charge in [-0.05, 0) is 18.6 Å². The van der Waals surface area contributed by atoms with Crippen molar-refractivity contribution < 1.29 is 9.59 Å². The normalized spacial score (nSPS) is 9.31. The number of hydrazine groups is 1. The third kappa shape index (κ3) is 4.00. The topological polar surface area (TPSA) is 70.2 Å². The third-order valence-corrected chi connectivity index (χ3v) is 1.84. The maximum atomic E-state index is 11.2. The van der Waals surface area contributed by atoms with Crippen LogP contribution in [0, 0.1) is 0 Å². The molecule has 0 aliphatic rings. The van der Waals surface area contributed by atoms with Crippen molar-refractivity contribution in [2.45, 2.75) is 13.3 Å². The second-order valence-corrected chi connectivity index (χ2v) is 3.20. The van der Waals surface area contributed by atoms with Gasteiger partial charge in [0.25, 0.3) is 0 Å². The van der Waals surface area contributed by atoms with Gasteiger partial charge in [0.05, 0.1) is 5.69 Å². The van der Waals surface area contributed by atoms with Crippen LogP contribution in [0.25, 0.3) is 0 Å². The Morgan fingerprint density at radius 2 is 1.81 bits per heavy atom. The van der Waals surface area contributed by atoms with E-state index >= 15 is 0 Å². The molecule has 0 unspecified atom stereocenters. The lowest BCUT2D eigenvalue weighted by atomic mass is 10.3. The first-order valence-corrected chi connectivity index (χ1v) is 5.13. The largest absolute Gasteiger partial charge is 0.348 e. The van der Waals surface area contributed by atoms with Crippen LogP contribution in [0.4, 0.5) is 5.69 Å². The van der Waals surface area contributed by atoms with Crippen LogP contribution in [-0.4, -0.2) is 18.4 Å². The molecule has 1 rings (SSSR count). The monoisotopic (exact) mass is 221 g/mol. The molecule has 1 aromatic rings. The third-order valence-electron chi connectivity index (χ3n) is 1.84. The number of para-hydroxylation sites is 1. The molecule has 0 saturated carbocycles. The van der Waals surface area contributed by atoms with Gasteiger partial charge in [0.1, 0.15) is 0 Å². The maximum absolute atomic E-state index is 11.2. The molecule has 0 spiro atoms. The molecule has 2 amide bonds. The molecule has 0 radical (unpaired) electrons. The van der Waals surface area contributed by atoms with Crippen LogP contribution in [0.5, 0.6) is 0 Å². The number of hydrogen-bond donors (Lipinski definition) is 3. The van der Waals surface area contributed by atoms with Gasteiger partial charge < -0.3 is 5.32 Å². The molecule has 3 N–H and O–H groups in total. The van der Waals surface area contributed by atoms with E-state index in [1.807, 2.05) is 25.1 Å². The molecular weight excluding hydrogens is 206 g/mol. The lowest BCUT2D eigenvalue weighted by Gasteiger charge is -2.07. The Bertz CT molecular complexity index is 352. The van der Waals surface area contributed by atoms with E-state index in [0.29, 0.717) is 6.54 Å².